The smallest absolute Gasteiger partial charge is 0.271 e. The van der Waals surface area contributed by atoms with Crippen molar-refractivity contribution in [1.29, 1.82) is 0 Å². The maximum Gasteiger partial charge on any atom is 0.271 e. The Kier molecular flexibility index (Phi) is 5.80. The van der Waals surface area contributed by atoms with E-state index in [9.17, 15) is 4.79 Å². The molecule has 136 valence electrons. The fourth-order valence-corrected chi connectivity index (χ4v) is 2.68. The number of hydrogen-bond acceptors (Lipinski definition) is 5. The third-order valence-electron chi connectivity index (χ3n) is 4.10. The van der Waals surface area contributed by atoms with E-state index in [4.69, 9.17) is 0 Å². The second-order valence-electron chi connectivity index (χ2n) is 6.38. The number of benzene rings is 1. The predicted molar refractivity (Wildman–Crippen MR) is 103 cm³/mol. The SMILES string of the molecule is CN(C)CCNc1cnc(C(=O)NCCc2c[nH]c3ccccc23)cn1. The Morgan fingerprint density at radius 1 is 1.15 bits per heavy atom. The van der Waals surface area contributed by atoms with E-state index in [2.05, 4.69) is 36.6 Å². The van der Waals surface area contributed by atoms with E-state index in [1.54, 1.807) is 6.20 Å². The van der Waals surface area contributed by atoms with Gasteiger partial charge >= 0.3 is 0 Å². The minimum Gasteiger partial charge on any atom is -0.368 e. The molecule has 1 aromatic carbocycles. The van der Waals surface area contributed by atoms with Gasteiger partial charge in [-0.05, 0) is 32.1 Å². The van der Waals surface area contributed by atoms with Crippen LogP contribution in [-0.4, -0.2) is 59.5 Å². The number of nitrogens with zero attached hydrogens (tertiary/aromatic N) is 3. The largest absolute Gasteiger partial charge is 0.368 e. The van der Waals surface area contributed by atoms with Gasteiger partial charge in [-0.25, -0.2) is 9.97 Å². The van der Waals surface area contributed by atoms with Gasteiger partial charge in [-0.3, -0.25) is 4.79 Å². The number of amides is 1. The number of carbonyl (C=O) groups is 1. The van der Waals surface area contributed by atoms with E-state index in [1.807, 2.05) is 38.5 Å². The van der Waals surface area contributed by atoms with Gasteiger partial charge in [-0.2, -0.15) is 0 Å². The molecule has 0 aliphatic rings. The van der Waals surface area contributed by atoms with Crippen LogP contribution in [0.2, 0.25) is 0 Å². The molecule has 1 amide bonds. The van der Waals surface area contributed by atoms with Gasteiger partial charge in [0.25, 0.3) is 5.91 Å². The summed E-state index contributed by atoms with van der Waals surface area (Å²) >= 11 is 0. The van der Waals surface area contributed by atoms with Crippen molar-refractivity contribution < 1.29 is 4.79 Å². The summed E-state index contributed by atoms with van der Waals surface area (Å²) in [6, 6.07) is 8.14. The number of likely N-dealkylation sites (N-methyl/N-ethyl adjacent to an activating group) is 1. The lowest BCUT2D eigenvalue weighted by atomic mass is 10.1. The highest BCUT2D eigenvalue weighted by molar-refractivity contribution is 5.92. The van der Waals surface area contributed by atoms with Crippen molar-refractivity contribution in [3.63, 3.8) is 0 Å². The lowest BCUT2D eigenvalue weighted by Gasteiger charge is -2.10. The number of aromatic amines is 1. The molecule has 0 aliphatic carbocycles. The second kappa shape index (κ2) is 8.44. The molecule has 0 atom stereocenters. The molecule has 3 aromatic rings. The molecule has 0 saturated carbocycles. The van der Waals surface area contributed by atoms with E-state index in [1.165, 1.54) is 17.1 Å². The summed E-state index contributed by atoms with van der Waals surface area (Å²) in [5.41, 5.74) is 2.62. The molecule has 0 radical (unpaired) electrons. The van der Waals surface area contributed by atoms with Crippen molar-refractivity contribution in [2.45, 2.75) is 6.42 Å². The first kappa shape index (κ1) is 17.9. The van der Waals surface area contributed by atoms with Crippen LogP contribution in [0.15, 0.2) is 42.9 Å². The number of para-hydroxylation sites is 1. The topological polar surface area (TPSA) is 85.9 Å². The van der Waals surface area contributed by atoms with Gasteiger partial charge in [0, 0.05) is 36.7 Å². The number of nitrogens with one attached hydrogen (secondary N) is 3. The first-order chi connectivity index (χ1) is 12.6. The van der Waals surface area contributed by atoms with Crippen molar-refractivity contribution in [1.82, 2.24) is 25.2 Å². The lowest BCUT2D eigenvalue weighted by molar-refractivity contribution is 0.0949. The number of fused-ring (bicyclic) bond motifs is 1. The van der Waals surface area contributed by atoms with E-state index in [0.29, 0.717) is 18.1 Å². The monoisotopic (exact) mass is 352 g/mol. The van der Waals surface area contributed by atoms with Crippen molar-refractivity contribution in [3.8, 4) is 0 Å². The molecular weight excluding hydrogens is 328 g/mol. The first-order valence-electron chi connectivity index (χ1n) is 8.67. The normalized spacial score (nSPS) is 11.0. The Balaban J connectivity index is 1.48. The molecule has 7 nitrogen and oxygen atoms in total. The Labute approximate surface area is 152 Å². The molecule has 7 heteroatoms. The van der Waals surface area contributed by atoms with E-state index in [-0.39, 0.29) is 5.91 Å². The highest BCUT2D eigenvalue weighted by Gasteiger charge is 2.08. The summed E-state index contributed by atoms with van der Waals surface area (Å²) in [5, 5.41) is 7.26. The maximum absolute atomic E-state index is 12.2. The fourth-order valence-electron chi connectivity index (χ4n) is 2.68. The molecule has 0 spiro atoms. The van der Waals surface area contributed by atoms with Crippen molar-refractivity contribution >= 4 is 22.6 Å². The van der Waals surface area contributed by atoms with Crippen LogP contribution in [-0.2, 0) is 6.42 Å². The number of carbonyl (C=O) groups excluding carboxylic acids is 1. The van der Waals surface area contributed by atoms with Crippen LogP contribution < -0.4 is 10.6 Å². The summed E-state index contributed by atoms with van der Waals surface area (Å²) in [6.45, 7) is 2.22. The van der Waals surface area contributed by atoms with Crippen LogP contribution in [0.5, 0.6) is 0 Å². The number of hydrogen-bond donors (Lipinski definition) is 3. The van der Waals surface area contributed by atoms with Crippen molar-refractivity contribution in [2.75, 3.05) is 39.0 Å². The molecule has 0 saturated heterocycles. The molecule has 0 unspecified atom stereocenters. The zero-order chi connectivity index (χ0) is 18.4. The summed E-state index contributed by atoms with van der Waals surface area (Å²) < 4.78 is 0. The van der Waals surface area contributed by atoms with Crippen LogP contribution in [0.25, 0.3) is 10.9 Å². The zero-order valence-electron chi connectivity index (χ0n) is 15.1. The van der Waals surface area contributed by atoms with Crippen LogP contribution >= 0.6 is 0 Å². The maximum atomic E-state index is 12.2. The molecular formula is C19H24N6O. The summed E-state index contributed by atoms with van der Waals surface area (Å²) in [7, 11) is 4.02. The zero-order valence-corrected chi connectivity index (χ0v) is 15.1. The minimum absolute atomic E-state index is 0.211. The summed E-state index contributed by atoms with van der Waals surface area (Å²) in [5.74, 6) is 0.458. The average Bonchev–Trinajstić information content (AvgIpc) is 3.05. The molecule has 3 N–H and O–H groups in total. The van der Waals surface area contributed by atoms with Crippen LogP contribution in [0.1, 0.15) is 16.1 Å². The van der Waals surface area contributed by atoms with Crippen molar-refractivity contribution in [2.24, 2.45) is 0 Å². The number of anilines is 1. The Morgan fingerprint density at radius 2 is 2.00 bits per heavy atom. The van der Waals surface area contributed by atoms with Crippen LogP contribution in [0.4, 0.5) is 5.82 Å². The third kappa shape index (κ3) is 4.58. The minimum atomic E-state index is -0.211. The average molecular weight is 352 g/mol. The highest BCUT2D eigenvalue weighted by atomic mass is 16.1. The molecule has 3 rings (SSSR count). The lowest BCUT2D eigenvalue weighted by Crippen LogP contribution is -2.27. The Hall–Kier alpha value is -2.93. The van der Waals surface area contributed by atoms with Crippen molar-refractivity contribution in [3.05, 3.63) is 54.1 Å². The first-order valence-corrected chi connectivity index (χ1v) is 8.67. The number of rotatable bonds is 8. The van der Waals surface area contributed by atoms with Gasteiger partial charge in [0.15, 0.2) is 0 Å². The fraction of sp³-hybridized carbons (Fsp3) is 0.316. The molecule has 26 heavy (non-hydrogen) atoms. The molecule has 0 aliphatic heterocycles. The van der Waals surface area contributed by atoms with Gasteiger partial charge in [0.05, 0.1) is 12.4 Å². The molecule has 2 aromatic heterocycles. The molecule has 0 fully saturated rings. The van der Waals surface area contributed by atoms with Gasteiger partial charge in [-0.1, -0.05) is 18.2 Å². The number of H-pyrrole nitrogens is 1. The highest BCUT2D eigenvalue weighted by Crippen LogP contribution is 2.17. The van der Waals surface area contributed by atoms with E-state index >= 15 is 0 Å². The van der Waals surface area contributed by atoms with Gasteiger partial charge in [0.2, 0.25) is 0 Å². The standard InChI is InChI=1S/C19H24N6O/c1-25(2)10-9-20-18-13-23-17(12-24-18)19(26)21-8-7-14-11-22-16-6-4-3-5-15(14)16/h3-6,11-13,22H,7-10H2,1-2H3,(H,20,24)(H,21,26). The predicted octanol–water partition coefficient (Wildman–Crippen LogP) is 1.90. The Bertz CT molecular complexity index is 856. The number of aromatic nitrogens is 3. The van der Waals surface area contributed by atoms with Gasteiger partial charge in [0.1, 0.15) is 11.5 Å². The van der Waals surface area contributed by atoms with Crippen LogP contribution in [0, 0.1) is 0 Å². The van der Waals surface area contributed by atoms with Gasteiger partial charge < -0.3 is 20.5 Å². The molecule has 0 bridgehead atoms. The van der Waals surface area contributed by atoms with E-state index in [0.717, 1.165) is 25.0 Å². The Morgan fingerprint density at radius 3 is 2.77 bits per heavy atom. The summed E-state index contributed by atoms with van der Waals surface area (Å²) in [6.07, 6.45) is 5.83. The quantitative estimate of drug-likeness (QED) is 0.576. The summed E-state index contributed by atoms with van der Waals surface area (Å²) in [4.78, 5) is 25.9. The third-order valence-corrected chi connectivity index (χ3v) is 4.10. The van der Waals surface area contributed by atoms with Crippen LogP contribution in [0.3, 0.4) is 0 Å². The second-order valence-corrected chi connectivity index (χ2v) is 6.38. The van der Waals surface area contributed by atoms with E-state index < -0.39 is 0 Å². The van der Waals surface area contributed by atoms with Gasteiger partial charge in [-0.15, -0.1) is 0 Å². The molecule has 2 heterocycles.